The molecule has 1 N–H and O–H groups in total. The van der Waals surface area contributed by atoms with Crippen molar-refractivity contribution in [3.63, 3.8) is 0 Å². The van der Waals surface area contributed by atoms with Crippen LogP contribution in [0.2, 0.25) is 0 Å². The van der Waals surface area contributed by atoms with Gasteiger partial charge in [-0.1, -0.05) is 32.0 Å². The van der Waals surface area contributed by atoms with Gasteiger partial charge < -0.3 is 4.98 Å². The van der Waals surface area contributed by atoms with Gasteiger partial charge in [-0.25, -0.2) is 17.2 Å². The Hall–Kier alpha value is -2.25. The van der Waals surface area contributed by atoms with Crippen molar-refractivity contribution in [1.29, 1.82) is 0 Å². The molecule has 0 amide bonds. The number of sulfonamides is 1. The average Bonchev–Trinajstić information content (AvgIpc) is 3.01. The predicted octanol–water partition coefficient (Wildman–Crippen LogP) is 4.69. The number of aromatic nitrogens is 1. The Bertz CT molecular complexity index is 1100. The number of nitrogens with one attached hydrogen (secondary N) is 1. The Morgan fingerprint density at radius 1 is 1.11 bits per heavy atom. The topological polar surface area (TPSA) is 53.2 Å². The summed E-state index contributed by atoms with van der Waals surface area (Å²) in [6, 6.07) is 8.96. The molecule has 150 valence electrons. The minimum absolute atomic E-state index is 0.172. The van der Waals surface area contributed by atoms with Gasteiger partial charge in [0.1, 0.15) is 11.6 Å². The fourth-order valence-electron chi connectivity index (χ4n) is 3.84. The summed E-state index contributed by atoms with van der Waals surface area (Å²) >= 11 is 0. The summed E-state index contributed by atoms with van der Waals surface area (Å²) in [7, 11) is -3.67. The Kier molecular flexibility index (Phi) is 5.59. The number of halogens is 2. The lowest BCUT2D eigenvalue weighted by atomic mass is 9.93. The Morgan fingerprint density at radius 3 is 2.32 bits per heavy atom. The zero-order chi connectivity index (χ0) is 20.6. The van der Waals surface area contributed by atoms with Crippen LogP contribution in [0.25, 0.3) is 10.9 Å². The Labute approximate surface area is 164 Å². The molecule has 2 aromatic carbocycles. The number of para-hydroxylation sites is 1. The lowest BCUT2D eigenvalue weighted by molar-refractivity contribution is 0.327. The van der Waals surface area contributed by atoms with Crippen LogP contribution in [0.5, 0.6) is 0 Å². The number of H-pyrrole nitrogens is 1. The van der Waals surface area contributed by atoms with E-state index in [-0.39, 0.29) is 12.1 Å². The highest BCUT2D eigenvalue weighted by Crippen LogP contribution is 2.41. The van der Waals surface area contributed by atoms with Crippen molar-refractivity contribution in [2.75, 3.05) is 12.8 Å². The first kappa shape index (κ1) is 20.5. The predicted molar refractivity (Wildman–Crippen MR) is 108 cm³/mol. The van der Waals surface area contributed by atoms with Crippen molar-refractivity contribution in [3.8, 4) is 0 Å². The highest BCUT2D eigenvalue weighted by atomic mass is 32.2. The maximum atomic E-state index is 14.7. The van der Waals surface area contributed by atoms with Gasteiger partial charge in [0.15, 0.2) is 0 Å². The van der Waals surface area contributed by atoms with Crippen LogP contribution in [0.4, 0.5) is 8.78 Å². The van der Waals surface area contributed by atoms with Gasteiger partial charge in [-0.05, 0) is 42.7 Å². The summed E-state index contributed by atoms with van der Waals surface area (Å²) in [6.07, 6.45) is 1.55. The molecule has 1 unspecified atom stereocenters. The molecule has 3 aromatic rings. The molecule has 1 atom stereocenters. The molecular weight excluding hydrogens is 382 g/mol. The van der Waals surface area contributed by atoms with Gasteiger partial charge in [0.2, 0.25) is 10.0 Å². The van der Waals surface area contributed by atoms with Crippen LogP contribution in [0.1, 0.15) is 42.3 Å². The molecule has 28 heavy (non-hydrogen) atoms. The van der Waals surface area contributed by atoms with E-state index in [9.17, 15) is 17.2 Å². The molecule has 1 aliphatic rings. The van der Waals surface area contributed by atoms with E-state index in [0.717, 1.165) is 22.7 Å². The molecule has 2 heterocycles. The molecule has 0 radical (unpaired) electrons. The molecule has 4 rings (SSSR count). The summed E-state index contributed by atoms with van der Waals surface area (Å²) in [5.74, 6) is -1.49. The van der Waals surface area contributed by atoms with E-state index in [0.29, 0.717) is 17.7 Å². The molecule has 0 spiro atoms. The highest BCUT2D eigenvalue weighted by molar-refractivity contribution is 7.88. The molecule has 1 aliphatic heterocycles. The van der Waals surface area contributed by atoms with E-state index in [4.69, 9.17) is 0 Å². The number of rotatable bonds is 2. The van der Waals surface area contributed by atoms with Gasteiger partial charge in [-0.2, -0.15) is 4.31 Å². The van der Waals surface area contributed by atoms with Gasteiger partial charge in [0.25, 0.3) is 0 Å². The number of hydrogen-bond acceptors (Lipinski definition) is 2. The fourth-order valence-corrected chi connectivity index (χ4v) is 4.85. The van der Waals surface area contributed by atoms with Crippen LogP contribution in [0.15, 0.2) is 36.4 Å². The molecule has 4 nitrogen and oxygen atoms in total. The normalized spacial score (nSPS) is 17.1. The van der Waals surface area contributed by atoms with E-state index < -0.39 is 27.7 Å². The van der Waals surface area contributed by atoms with Crippen molar-refractivity contribution in [2.45, 2.75) is 33.2 Å². The summed E-state index contributed by atoms with van der Waals surface area (Å²) in [6.45, 7) is 5.77. The third kappa shape index (κ3) is 3.44. The molecule has 0 aliphatic carbocycles. The largest absolute Gasteiger partial charge is 0.357 e. The van der Waals surface area contributed by atoms with Gasteiger partial charge in [0, 0.05) is 28.7 Å². The first-order valence-electron chi connectivity index (χ1n) is 9.29. The zero-order valence-corrected chi connectivity index (χ0v) is 17.2. The fraction of sp³-hybridized carbons (Fsp3) is 0.333. The van der Waals surface area contributed by atoms with Crippen molar-refractivity contribution in [3.05, 3.63) is 70.4 Å². The van der Waals surface area contributed by atoms with Crippen molar-refractivity contribution in [1.82, 2.24) is 9.29 Å². The monoisotopic (exact) mass is 406 g/mol. The second-order valence-corrected chi connectivity index (χ2v) is 8.67. The van der Waals surface area contributed by atoms with Gasteiger partial charge in [0.05, 0.1) is 12.3 Å². The molecule has 7 heteroatoms. The maximum absolute atomic E-state index is 14.7. The summed E-state index contributed by atoms with van der Waals surface area (Å²) in [5.41, 5.74) is 2.47. The summed E-state index contributed by atoms with van der Waals surface area (Å²) < 4.78 is 55.3. The maximum Gasteiger partial charge on any atom is 0.212 e. The smallest absolute Gasteiger partial charge is 0.212 e. The van der Waals surface area contributed by atoms with E-state index >= 15 is 0 Å². The quantitative estimate of drug-likeness (QED) is 0.671. The van der Waals surface area contributed by atoms with E-state index in [1.54, 1.807) is 6.92 Å². The van der Waals surface area contributed by atoms with E-state index in [2.05, 4.69) is 4.98 Å². The Balaban J connectivity index is 0.00000109. The van der Waals surface area contributed by atoms with E-state index in [1.807, 2.05) is 38.1 Å². The summed E-state index contributed by atoms with van der Waals surface area (Å²) in [4.78, 5) is 3.20. The number of benzene rings is 2. The van der Waals surface area contributed by atoms with Crippen molar-refractivity contribution >= 4 is 20.9 Å². The van der Waals surface area contributed by atoms with Gasteiger partial charge >= 0.3 is 0 Å². The third-order valence-corrected chi connectivity index (χ3v) is 6.16. The molecule has 0 fully saturated rings. The Morgan fingerprint density at radius 2 is 1.71 bits per heavy atom. The van der Waals surface area contributed by atoms with Gasteiger partial charge in [-0.3, -0.25) is 0 Å². The van der Waals surface area contributed by atoms with Crippen LogP contribution >= 0.6 is 0 Å². The molecule has 0 bridgehead atoms. The van der Waals surface area contributed by atoms with Crippen LogP contribution in [-0.4, -0.2) is 30.5 Å². The first-order chi connectivity index (χ1) is 13.3. The lowest BCUT2D eigenvalue weighted by Crippen LogP contribution is -2.40. The first-order valence-corrected chi connectivity index (χ1v) is 11.1. The number of aryl methyl sites for hydroxylation is 1. The molecule has 0 saturated carbocycles. The number of fused-ring (bicyclic) bond motifs is 3. The lowest BCUT2D eigenvalue weighted by Gasteiger charge is -2.34. The molecule has 0 saturated heterocycles. The zero-order valence-electron chi connectivity index (χ0n) is 16.4. The van der Waals surface area contributed by atoms with Crippen LogP contribution in [-0.2, 0) is 16.4 Å². The second-order valence-electron chi connectivity index (χ2n) is 6.73. The van der Waals surface area contributed by atoms with Crippen LogP contribution in [0.3, 0.4) is 0 Å². The van der Waals surface area contributed by atoms with E-state index in [1.165, 1.54) is 16.4 Å². The minimum Gasteiger partial charge on any atom is -0.357 e. The van der Waals surface area contributed by atoms with Crippen LogP contribution < -0.4 is 0 Å². The third-order valence-electron chi connectivity index (χ3n) is 4.91. The average molecular weight is 406 g/mol. The standard InChI is InChI=1S/C19H18F2N2O2S.C2H6/c1-11-9-14(20)17(15(21)10-11)19-18-13(7-8-23(19)26(2,24)25)12-5-3-4-6-16(12)22-18;1-2/h3-6,9-10,19,22H,7-8H2,1-2H3;1-2H3. The molecule has 1 aromatic heterocycles. The number of nitrogens with zero attached hydrogens (tertiary/aromatic N) is 1. The van der Waals surface area contributed by atoms with Crippen LogP contribution in [0, 0.1) is 18.6 Å². The SMILES string of the molecule is CC.Cc1cc(F)c(C2c3[nH]c4ccccc4c3CCN2S(C)(=O)=O)c(F)c1. The number of aromatic amines is 1. The summed E-state index contributed by atoms with van der Waals surface area (Å²) in [5, 5.41) is 0.952. The highest BCUT2D eigenvalue weighted by Gasteiger charge is 2.39. The van der Waals surface area contributed by atoms with Crippen molar-refractivity contribution < 1.29 is 17.2 Å². The van der Waals surface area contributed by atoms with Crippen molar-refractivity contribution in [2.24, 2.45) is 0 Å². The minimum atomic E-state index is -3.67. The number of hydrogen-bond donors (Lipinski definition) is 1. The van der Waals surface area contributed by atoms with Gasteiger partial charge in [-0.15, -0.1) is 0 Å². The second kappa shape index (κ2) is 7.64. The molecular formula is C21H24F2N2O2S.